The number of hydrogen-bond acceptors (Lipinski definition) is 10. The summed E-state index contributed by atoms with van der Waals surface area (Å²) < 4.78 is 11.0. The second-order valence-corrected chi connectivity index (χ2v) is 11.8. The van der Waals surface area contributed by atoms with E-state index in [2.05, 4.69) is 0 Å². The zero-order valence-corrected chi connectivity index (χ0v) is 29.4. The largest absolute Gasteiger partial charge is 0.427 e. The molecule has 54 heavy (non-hydrogen) atoms. The number of ether oxygens (including phenoxy) is 2. The molecule has 4 aromatic rings. The number of carbonyl (C=O) groups is 2. The number of benzene rings is 4. The molecule has 0 unspecified atom stereocenters. The molecule has 0 N–H and O–H groups in total. The molecule has 0 aliphatic heterocycles. The molecule has 0 atom stereocenters. The van der Waals surface area contributed by atoms with Gasteiger partial charge in [-0.3, -0.25) is 9.59 Å². The maximum absolute atomic E-state index is 12.7. The minimum absolute atomic E-state index is 0.00549. The second kappa shape index (κ2) is 21.5. The normalized spacial score (nSPS) is 10.2. The third-order valence-corrected chi connectivity index (χ3v) is 7.65. The third kappa shape index (κ3) is 13.9. The van der Waals surface area contributed by atoms with Crippen molar-refractivity contribution in [3.63, 3.8) is 0 Å². The highest BCUT2D eigenvalue weighted by atomic mass is 16.5. The molecule has 0 amide bonds. The summed E-state index contributed by atoms with van der Waals surface area (Å²) in [6, 6.07) is 41.2. The average Bonchev–Trinajstić information content (AvgIpc) is 3.19. The summed E-state index contributed by atoms with van der Waals surface area (Å²) >= 11 is 0. The van der Waals surface area contributed by atoms with Gasteiger partial charge in [0.05, 0.1) is 12.8 Å². The van der Waals surface area contributed by atoms with Gasteiger partial charge in [0.2, 0.25) is 0 Å². The smallest absolute Gasteiger partial charge is 0.311 e. The van der Waals surface area contributed by atoms with Crippen LogP contribution in [0.15, 0.2) is 157 Å². The van der Waals surface area contributed by atoms with Gasteiger partial charge in [-0.15, -0.1) is 0 Å². The van der Waals surface area contributed by atoms with Gasteiger partial charge in [0.1, 0.15) is 46.9 Å². The summed E-state index contributed by atoms with van der Waals surface area (Å²) in [5.74, 6) is -0.479. The van der Waals surface area contributed by atoms with Crippen LogP contribution in [0.2, 0.25) is 0 Å². The summed E-state index contributed by atoms with van der Waals surface area (Å²) in [4.78, 5) is 29.3. The van der Waals surface area contributed by atoms with Gasteiger partial charge in [-0.2, -0.15) is 21.0 Å². The molecular formula is C44H36N6O4. The number of rotatable bonds is 17. The van der Waals surface area contributed by atoms with Crippen molar-refractivity contribution in [2.75, 3.05) is 0 Å². The first-order valence-electron chi connectivity index (χ1n) is 16.9. The summed E-state index contributed by atoms with van der Waals surface area (Å²) in [7, 11) is 0. The molecule has 10 heteroatoms. The van der Waals surface area contributed by atoms with E-state index in [1.54, 1.807) is 48.7 Å². The van der Waals surface area contributed by atoms with Crippen LogP contribution >= 0.6 is 0 Å². The van der Waals surface area contributed by atoms with E-state index in [9.17, 15) is 9.59 Å². The van der Waals surface area contributed by atoms with Crippen LogP contribution < -0.4 is 9.47 Å². The molecule has 266 valence electrons. The highest BCUT2D eigenvalue weighted by Gasteiger charge is 2.13. The first-order chi connectivity index (χ1) is 26.4. The second-order valence-electron chi connectivity index (χ2n) is 11.8. The number of nitrogens with zero attached hydrogens (tertiary/aromatic N) is 6. The Morgan fingerprint density at radius 3 is 1.37 bits per heavy atom. The molecule has 0 aromatic heterocycles. The molecule has 0 aliphatic rings. The van der Waals surface area contributed by atoms with Crippen LogP contribution in [0.25, 0.3) is 0 Å². The van der Waals surface area contributed by atoms with Crippen LogP contribution in [0.3, 0.4) is 0 Å². The molecule has 0 saturated carbocycles. The van der Waals surface area contributed by atoms with Crippen LogP contribution in [-0.2, 0) is 35.8 Å². The quantitative estimate of drug-likeness (QED) is 0.0456. The van der Waals surface area contributed by atoms with E-state index in [0.717, 1.165) is 22.3 Å². The lowest BCUT2D eigenvalue weighted by atomic mass is 10.1. The molecule has 0 fully saturated rings. The Balaban J connectivity index is 1.30. The Morgan fingerprint density at radius 2 is 0.907 bits per heavy atom. The Labute approximate surface area is 315 Å². The molecule has 4 aromatic carbocycles. The van der Waals surface area contributed by atoms with Crippen molar-refractivity contribution in [1.29, 1.82) is 21.0 Å². The molecule has 0 bridgehead atoms. The summed E-state index contributed by atoms with van der Waals surface area (Å²) in [6.07, 6.45) is 9.48. The van der Waals surface area contributed by atoms with Crippen molar-refractivity contribution in [3.8, 4) is 35.8 Å². The summed E-state index contributed by atoms with van der Waals surface area (Å²) in [6.45, 7) is 2.12. The predicted octanol–water partition coefficient (Wildman–Crippen LogP) is 7.96. The Bertz CT molecular complexity index is 2130. The maximum Gasteiger partial charge on any atom is 0.311 e. The first-order valence-corrected chi connectivity index (χ1v) is 16.9. The molecule has 0 heterocycles. The van der Waals surface area contributed by atoms with Gasteiger partial charge in [-0.05, 0) is 83.2 Å². The molecule has 0 aliphatic carbocycles. The van der Waals surface area contributed by atoms with Gasteiger partial charge in [0, 0.05) is 26.2 Å². The third-order valence-electron chi connectivity index (χ3n) is 7.65. The summed E-state index contributed by atoms with van der Waals surface area (Å²) in [5, 5.41) is 36.1. The predicted molar refractivity (Wildman–Crippen MR) is 202 cm³/mol. The lowest BCUT2D eigenvalue weighted by Crippen LogP contribution is -2.17. The number of allylic oxidation sites excluding steroid dienone is 6. The maximum atomic E-state index is 12.7. The zero-order chi connectivity index (χ0) is 38.4. The fourth-order valence-corrected chi connectivity index (χ4v) is 5.09. The Morgan fingerprint density at radius 1 is 0.500 bits per heavy atom. The van der Waals surface area contributed by atoms with E-state index in [4.69, 9.17) is 30.5 Å². The van der Waals surface area contributed by atoms with Crippen molar-refractivity contribution in [2.45, 2.75) is 39.0 Å². The standard InChI is InChI=1S/C44H36N6O4/c45-27-39(28-46)15-8-24-49(31-35-10-3-1-4-11-35)33-37-18-20-41(21-19-37)53-43(51)22-23-44(52)54-42-17-7-14-38(26-42)34-50(25-9-16-40(29-47)30-48)32-36-12-5-2-6-13-36/h1-21,24-26H,22-23,31-34H2/b24-8+,25-9+. The van der Waals surface area contributed by atoms with Gasteiger partial charge in [0.25, 0.3) is 0 Å². The van der Waals surface area contributed by atoms with Gasteiger partial charge < -0.3 is 19.3 Å². The van der Waals surface area contributed by atoms with E-state index in [0.29, 0.717) is 37.7 Å². The zero-order valence-electron chi connectivity index (χ0n) is 29.4. The Kier molecular flexibility index (Phi) is 15.6. The number of carbonyl (C=O) groups excluding carboxylic acids is 2. The SMILES string of the molecule is N#CC(C#N)=C/C=C/N(Cc1ccccc1)Cc1ccc(OC(=O)CCC(=O)Oc2cccc(CN(/C=C/C=C(C#N)C#N)Cc3ccccc3)c2)cc1. The van der Waals surface area contributed by atoms with E-state index < -0.39 is 11.9 Å². The molecule has 4 rings (SSSR count). The molecule has 0 saturated heterocycles. The fourth-order valence-electron chi connectivity index (χ4n) is 5.09. The number of nitriles is 4. The van der Waals surface area contributed by atoms with E-state index in [1.165, 1.54) is 12.2 Å². The molecular weight excluding hydrogens is 677 g/mol. The van der Waals surface area contributed by atoms with Crippen molar-refractivity contribution in [1.82, 2.24) is 9.80 Å². The van der Waals surface area contributed by atoms with Crippen molar-refractivity contribution in [3.05, 3.63) is 179 Å². The van der Waals surface area contributed by atoms with E-state index in [-0.39, 0.29) is 24.0 Å². The fraction of sp³-hybridized carbons (Fsp3) is 0.136. The van der Waals surface area contributed by atoms with Crippen LogP contribution in [0.1, 0.15) is 35.1 Å². The van der Waals surface area contributed by atoms with Crippen molar-refractivity contribution >= 4 is 11.9 Å². The topological polar surface area (TPSA) is 154 Å². The van der Waals surface area contributed by atoms with Gasteiger partial charge in [-0.1, -0.05) is 84.9 Å². The first kappa shape index (κ1) is 39.1. The molecule has 0 spiro atoms. The molecule has 10 nitrogen and oxygen atoms in total. The van der Waals surface area contributed by atoms with Gasteiger partial charge in [-0.25, -0.2) is 0 Å². The lowest BCUT2D eigenvalue weighted by molar-refractivity contribution is -0.140. The lowest BCUT2D eigenvalue weighted by Gasteiger charge is -2.21. The summed E-state index contributed by atoms with van der Waals surface area (Å²) in [5.41, 5.74) is 3.94. The monoisotopic (exact) mass is 712 g/mol. The Hall–Kier alpha value is -7.66. The van der Waals surface area contributed by atoms with Crippen molar-refractivity contribution < 1.29 is 19.1 Å². The van der Waals surface area contributed by atoms with E-state index in [1.807, 2.05) is 119 Å². The van der Waals surface area contributed by atoms with Gasteiger partial charge >= 0.3 is 11.9 Å². The molecule has 0 radical (unpaired) electrons. The van der Waals surface area contributed by atoms with Crippen LogP contribution in [0.5, 0.6) is 11.5 Å². The van der Waals surface area contributed by atoms with Crippen LogP contribution in [0.4, 0.5) is 0 Å². The van der Waals surface area contributed by atoms with Gasteiger partial charge in [0.15, 0.2) is 0 Å². The van der Waals surface area contributed by atoms with Crippen LogP contribution in [-0.4, -0.2) is 21.7 Å². The minimum atomic E-state index is -0.579. The highest BCUT2D eigenvalue weighted by Crippen LogP contribution is 2.19. The highest BCUT2D eigenvalue weighted by molar-refractivity contribution is 5.80. The number of esters is 2. The minimum Gasteiger partial charge on any atom is -0.427 e. The van der Waals surface area contributed by atoms with Crippen molar-refractivity contribution in [2.24, 2.45) is 0 Å². The van der Waals surface area contributed by atoms with Crippen LogP contribution in [0, 0.1) is 45.3 Å². The van der Waals surface area contributed by atoms with E-state index >= 15 is 0 Å². The number of hydrogen-bond donors (Lipinski definition) is 0. The average molecular weight is 713 g/mol.